The molecule has 4 heteroatoms. The molecule has 1 unspecified atom stereocenters. The minimum atomic E-state index is -1.50. The zero-order valence-electron chi connectivity index (χ0n) is 8.96. The third-order valence-electron chi connectivity index (χ3n) is 2.58. The predicted molar refractivity (Wildman–Crippen MR) is 63.9 cm³/mol. The first-order valence-corrected chi connectivity index (χ1v) is 5.11. The molecule has 0 spiro atoms. The van der Waals surface area contributed by atoms with Crippen LogP contribution in [0, 0.1) is 0 Å². The summed E-state index contributed by atoms with van der Waals surface area (Å²) in [5.74, 6) is -1.90. The van der Waals surface area contributed by atoms with Gasteiger partial charge >= 0.3 is 5.97 Å². The van der Waals surface area contributed by atoms with Crippen molar-refractivity contribution in [1.29, 1.82) is 0 Å². The maximum Gasteiger partial charge on any atom is 0.328 e. The van der Waals surface area contributed by atoms with E-state index in [1.54, 1.807) is 18.2 Å². The number of carbonyl (C=O) groups excluding carboxylic acids is 1. The van der Waals surface area contributed by atoms with Crippen LogP contribution in [0.15, 0.2) is 42.5 Å². The lowest BCUT2D eigenvalue weighted by molar-refractivity contribution is -0.137. The van der Waals surface area contributed by atoms with E-state index in [9.17, 15) is 9.59 Å². The molecule has 0 bridgehead atoms. The Morgan fingerprint density at radius 3 is 2.35 bits per heavy atom. The Balaban J connectivity index is 2.43. The Kier molecular flexibility index (Phi) is 2.89. The van der Waals surface area contributed by atoms with Gasteiger partial charge in [-0.25, -0.2) is 0 Å². The first-order chi connectivity index (χ1) is 8.09. The summed E-state index contributed by atoms with van der Waals surface area (Å²) in [6.07, 6.45) is 0. The van der Waals surface area contributed by atoms with E-state index in [0.717, 1.165) is 10.8 Å². The smallest absolute Gasteiger partial charge is 0.328 e. The molecule has 0 fully saturated rings. The molecule has 0 saturated carbocycles. The van der Waals surface area contributed by atoms with Gasteiger partial charge < -0.3 is 10.8 Å². The minimum absolute atomic E-state index is 0.318. The highest BCUT2D eigenvalue weighted by molar-refractivity contribution is 6.12. The van der Waals surface area contributed by atoms with E-state index in [1.807, 2.05) is 24.3 Å². The Morgan fingerprint density at radius 2 is 1.71 bits per heavy atom. The molecule has 1 atom stereocenters. The van der Waals surface area contributed by atoms with Crippen LogP contribution in [0.5, 0.6) is 0 Å². The van der Waals surface area contributed by atoms with Crippen molar-refractivity contribution >= 4 is 22.5 Å². The molecule has 0 saturated heterocycles. The highest BCUT2D eigenvalue weighted by atomic mass is 16.4. The normalized spacial score (nSPS) is 12.3. The summed E-state index contributed by atoms with van der Waals surface area (Å²) in [6, 6.07) is 11.0. The molecule has 86 valence electrons. The van der Waals surface area contributed by atoms with Gasteiger partial charge in [-0.05, 0) is 16.8 Å². The van der Waals surface area contributed by atoms with E-state index < -0.39 is 17.8 Å². The topological polar surface area (TPSA) is 80.4 Å². The number of ketones is 1. The van der Waals surface area contributed by atoms with Crippen molar-refractivity contribution in [2.24, 2.45) is 5.73 Å². The third-order valence-corrected chi connectivity index (χ3v) is 2.58. The lowest BCUT2D eigenvalue weighted by atomic mass is 10.0. The van der Waals surface area contributed by atoms with Crippen molar-refractivity contribution < 1.29 is 14.7 Å². The average molecular weight is 229 g/mol. The summed E-state index contributed by atoms with van der Waals surface area (Å²) in [5.41, 5.74) is 5.61. The van der Waals surface area contributed by atoms with E-state index >= 15 is 0 Å². The molecule has 4 nitrogen and oxygen atoms in total. The molecule has 3 N–H and O–H groups in total. The van der Waals surface area contributed by atoms with Crippen LogP contribution in [-0.4, -0.2) is 22.9 Å². The number of nitrogens with two attached hydrogens (primary N) is 1. The van der Waals surface area contributed by atoms with Gasteiger partial charge in [0.05, 0.1) is 0 Å². The number of carboxylic acids is 1. The van der Waals surface area contributed by atoms with Gasteiger partial charge in [0.1, 0.15) is 0 Å². The van der Waals surface area contributed by atoms with Crippen molar-refractivity contribution in [3.8, 4) is 0 Å². The second-order valence-corrected chi connectivity index (χ2v) is 3.74. The van der Waals surface area contributed by atoms with Gasteiger partial charge in [-0.2, -0.15) is 0 Å². The van der Waals surface area contributed by atoms with Crippen molar-refractivity contribution in [2.45, 2.75) is 6.04 Å². The largest absolute Gasteiger partial charge is 0.480 e. The molecule has 2 aromatic carbocycles. The van der Waals surface area contributed by atoms with E-state index in [1.165, 1.54) is 0 Å². The highest BCUT2D eigenvalue weighted by Crippen LogP contribution is 2.16. The van der Waals surface area contributed by atoms with Crippen molar-refractivity contribution in [3.05, 3.63) is 48.0 Å². The predicted octanol–water partition coefficient (Wildman–Crippen LogP) is 1.43. The number of hydrogen-bond acceptors (Lipinski definition) is 3. The molecule has 0 aliphatic heterocycles. The van der Waals surface area contributed by atoms with E-state index in [4.69, 9.17) is 10.8 Å². The quantitative estimate of drug-likeness (QED) is 0.616. The van der Waals surface area contributed by atoms with Crippen LogP contribution in [0.4, 0.5) is 0 Å². The molecule has 0 amide bonds. The summed E-state index contributed by atoms with van der Waals surface area (Å²) in [6.45, 7) is 0. The van der Waals surface area contributed by atoms with E-state index in [2.05, 4.69) is 0 Å². The Bertz CT molecular complexity index is 592. The summed E-state index contributed by atoms with van der Waals surface area (Å²) < 4.78 is 0. The van der Waals surface area contributed by atoms with Gasteiger partial charge in [0.2, 0.25) is 0 Å². The molecule has 0 aromatic heterocycles. The number of benzene rings is 2. The lowest BCUT2D eigenvalue weighted by Crippen LogP contribution is -2.38. The zero-order chi connectivity index (χ0) is 12.4. The molecule has 0 heterocycles. The molecular formula is C13H11NO3. The average Bonchev–Trinajstić information content (AvgIpc) is 2.36. The maximum atomic E-state index is 11.7. The lowest BCUT2D eigenvalue weighted by Gasteiger charge is -2.06. The van der Waals surface area contributed by atoms with Gasteiger partial charge in [-0.1, -0.05) is 36.4 Å². The van der Waals surface area contributed by atoms with Gasteiger partial charge in [0, 0.05) is 5.56 Å². The number of hydrogen-bond donors (Lipinski definition) is 2. The van der Waals surface area contributed by atoms with Crippen LogP contribution in [0.3, 0.4) is 0 Å². The fourth-order valence-electron chi connectivity index (χ4n) is 1.63. The Morgan fingerprint density at radius 1 is 1.06 bits per heavy atom. The monoisotopic (exact) mass is 229 g/mol. The van der Waals surface area contributed by atoms with Crippen LogP contribution in [0.1, 0.15) is 10.4 Å². The van der Waals surface area contributed by atoms with Crippen LogP contribution in [0.2, 0.25) is 0 Å². The first kappa shape index (κ1) is 11.3. The van der Waals surface area contributed by atoms with Gasteiger partial charge in [-0.15, -0.1) is 0 Å². The molecular weight excluding hydrogens is 218 g/mol. The van der Waals surface area contributed by atoms with Crippen molar-refractivity contribution in [1.82, 2.24) is 0 Å². The number of Topliss-reactive ketones (excluding diaryl/α,β-unsaturated/α-hetero) is 1. The molecule has 2 rings (SSSR count). The number of carbonyl (C=O) groups is 2. The standard InChI is InChI=1S/C13H11NO3/c14-11(13(16)17)12(15)10-6-5-8-3-1-2-4-9(8)7-10/h1-7,11H,14H2,(H,16,17). The Hall–Kier alpha value is -2.20. The van der Waals surface area contributed by atoms with E-state index in [-0.39, 0.29) is 0 Å². The highest BCUT2D eigenvalue weighted by Gasteiger charge is 2.22. The molecule has 0 aliphatic carbocycles. The summed E-state index contributed by atoms with van der Waals surface area (Å²) in [5, 5.41) is 10.6. The zero-order valence-corrected chi connectivity index (χ0v) is 8.96. The summed E-state index contributed by atoms with van der Waals surface area (Å²) in [7, 11) is 0. The molecule has 0 radical (unpaired) electrons. The second-order valence-electron chi connectivity index (χ2n) is 3.74. The number of aliphatic carboxylic acids is 1. The minimum Gasteiger partial charge on any atom is -0.480 e. The summed E-state index contributed by atoms with van der Waals surface area (Å²) >= 11 is 0. The number of carboxylic acid groups (broad SMARTS) is 1. The molecule has 2 aromatic rings. The SMILES string of the molecule is NC(C(=O)O)C(=O)c1ccc2ccccc2c1. The van der Waals surface area contributed by atoms with Crippen LogP contribution in [0.25, 0.3) is 10.8 Å². The fraction of sp³-hybridized carbons (Fsp3) is 0.0769. The summed E-state index contributed by atoms with van der Waals surface area (Å²) in [4.78, 5) is 22.4. The van der Waals surface area contributed by atoms with Crippen LogP contribution >= 0.6 is 0 Å². The Labute approximate surface area is 97.7 Å². The molecule has 17 heavy (non-hydrogen) atoms. The van der Waals surface area contributed by atoms with Crippen molar-refractivity contribution in [2.75, 3.05) is 0 Å². The second kappa shape index (κ2) is 4.35. The first-order valence-electron chi connectivity index (χ1n) is 5.11. The number of rotatable bonds is 3. The molecule has 0 aliphatic rings. The third kappa shape index (κ3) is 2.16. The van der Waals surface area contributed by atoms with Gasteiger partial charge in [0.15, 0.2) is 11.8 Å². The van der Waals surface area contributed by atoms with E-state index in [0.29, 0.717) is 5.56 Å². The van der Waals surface area contributed by atoms with Crippen LogP contribution in [-0.2, 0) is 4.79 Å². The van der Waals surface area contributed by atoms with Gasteiger partial charge in [-0.3, -0.25) is 9.59 Å². The van der Waals surface area contributed by atoms with Gasteiger partial charge in [0.25, 0.3) is 0 Å². The fourth-order valence-corrected chi connectivity index (χ4v) is 1.63. The maximum absolute atomic E-state index is 11.7. The number of fused-ring (bicyclic) bond motifs is 1. The van der Waals surface area contributed by atoms with Crippen LogP contribution < -0.4 is 5.73 Å². The van der Waals surface area contributed by atoms with Crippen molar-refractivity contribution in [3.63, 3.8) is 0 Å².